The van der Waals surface area contributed by atoms with Crippen molar-refractivity contribution in [1.29, 1.82) is 0 Å². The average molecular weight is 272 g/mol. The molecule has 7 heteroatoms. The van der Waals surface area contributed by atoms with Crippen molar-refractivity contribution in [3.05, 3.63) is 12.4 Å². The number of H-pyrrole nitrogens is 1. The van der Waals surface area contributed by atoms with Gasteiger partial charge >= 0.3 is 0 Å². The lowest BCUT2D eigenvalue weighted by atomic mass is 9.85. The highest BCUT2D eigenvalue weighted by Gasteiger charge is 2.34. The molecule has 1 aromatic heterocycles. The average Bonchev–Trinajstić information content (AvgIpc) is 2.92. The van der Waals surface area contributed by atoms with Gasteiger partial charge in [-0.05, 0) is 25.3 Å². The van der Waals surface area contributed by atoms with Crippen LogP contribution < -0.4 is 5.73 Å². The Morgan fingerprint density at radius 2 is 2.22 bits per heavy atom. The summed E-state index contributed by atoms with van der Waals surface area (Å²) in [5.74, 6) is 0.255. The lowest BCUT2D eigenvalue weighted by Crippen LogP contribution is -2.45. The second-order valence-electron chi connectivity index (χ2n) is 4.80. The lowest BCUT2D eigenvalue weighted by Gasteiger charge is -2.36. The Balaban J connectivity index is 2.22. The van der Waals surface area contributed by atoms with E-state index in [1.807, 2.05) is 0 Å². The van der Waals surface area contributed by atoms with Crippen LogP contribution in [0.4, 0.5) is 0 Å². The van der Waals surface area contributed by atoms with Crippen molar-refractivity contribution < 1.29 is 8.42 Å². The summed E-state index contributed by atoms with van der Waals surface area (Å²) in [5, 5.41) is 6.24. The Hall–Kier alpha value is -0.920. The normalized spacial score (nSPS) is 25.5. The molecule has 102 valence electrons. The van der Waals surface area contributed by atoms with Gasteiger partial charge in [0.05, 0.1) is 6.20 Å². The number of aromatic amines is 1. The van der Waals surface area contributed by atoms with E-state index < -0.39 is 10.0 Å². The molecule has 18 heavy (non-hydrogen) atoms. The highest BCUT2D eigenvalue weighted by molar-refractivity contribution is 7.89. The van der Waals surface area contributed by atoms with Crippen LogP contribution >= 0.6 is 0 Å². The van der Waals surface area contributed by atoms with Crippen molar-refractivity contribution in [1.82, 2.24) is 14.5 Å². The van der Waals surface area contributed by atoms with Gasteiger partial charge in [0.15, 0.2) is 0 Å². The maximum atomic E-state index is 12.4. The molecule has 0 spiro atoms. The highest BCUT2D eigenvalue weighted by Crippen LogP contribution is 2.30. The molecule has 0 aliphatic heterocycles. The summed E-state index contributed by atoms with van der Waals surface area (Å²) in [6.07, 6.45) is 6.84. The number of nitrogens with two attached hydrogens (primary N) is 1. The fraction of sp³-hybridized carbons (Fsp3) is 0.727. The number of nitrogens with zero attached hydrogens (tertiary/aromatic N) is 2. The number of hydrogen-bond donors (Lipinski definition) is 2. The van der Waals surface area contributed by atoms with Crippen LogP contribution in [0.2, 0.25) is 0 Å². The molecule has 0 aromatic carbocycles. The van der Waals surface area contributed by atoms with Gasteiger partial charge in [0, 0.05) is 19.3 Å². The third-order valence-corrected chi connectivity index (χ3v) is 5.64. The van der Waals surface area contributed by atoms with Crippen LogP contribution in [-0.2, 0) is 10.0 Å². The summed E-state index contributed by atoms with van der Waals surface area (Å²) in [6, 6.07) is 0.00338. The number of aromatic nitrogens is 2. The molecule has 6 nitrogen and oxygen atoms in total. The predicted molar refractivity (Wildman–Crippen MR) is 68.3 cm³/mol. The van der Waals surface area contributed by atoms with Gasteiger partial charge in [-0.15, -0.1) is 0 Å². The van der Waals surface area contributed by atoms with Crippen molar-refractivity contribution in [3.63, 3.8) is 0 Å². The van der Waals surface area contributed by atoms with Crippen molar-refractivity contribution in [3.8, 4) is 0 Å². The van der Waals surface area contributed by atoms with E-state index in [-0.39, 0.29) is 16.9 Å². The Morgan fingerprint density at radius 3 is 2.83 bits per heavy atom. The molecule has 1 aromatic rings. The summed E-state index contributed by atoms with van der Waals surface area (Å²) >= 11 is 0. The van der Waals surface area contributed by atoms with Gasteiger partial charge in [-0.1, -0.05) is 12.8 Å². The van der Waals surface area contributed by atoms with Gasteiger partial charge in [-0.25, -0.2) is 8.42 Å². The van der Waals surface area contributed by atoms with E-state index in [0.717, 1.165) is 25.7 Å². The van der Waals surface area contributed by atoms with Crippen LogP contribution in [-0.4, -0.2) is 42.6 Å². The first-order valence-electron chi connectivity index (χ1n) is 6.24. The minimum Gasteiger partial charge on any atom is -0.330 e. The van der Waals surface area contributed by atoms with Crippen LogP contribution in [0.25, 0.3) is 0 Å². The van der Waals surface area contributed by atoms with Crippen molar-refractivity contribution in [2.24, 2.45) is 11.7 Å². The Bertz CT molecular complexity index is 471. The smallest absolute Gasteiger partial charge is 0.246 e. The molecule has 2 atom stereocenters. The van der Waals surface area contributed by atoms with Gasteiger partial charge in [-0.3, -0.25) is 5.10 Å². The van der Waals surface area contributed by atoms with Crippen LogP contribution in [0.5, 0.6) is 0 Å². The third kappa shape index (κ3) is 2.43. The molecule has 2 rings (SSSR count). The number of sulfonamides is 1. The topological polar surface area (TPSA) is 92.1 Å². The fourth-order valence-corrected chi connectivity index (χ4v) is 4.02. The van der Waals surface area contributed by atoms with E-state index in [1.54, 1.807) is 7.05 Å². The molecule has 1 aliphatic rings. The number of nitrogens with one attached hydrogen (secondary N) is 1. The zero-order chi connectivity index (χ0) is 13.2. The summed E-state index contributed by atoms with van der Waals surface area (Å²) < 4.78 is 26.2. The standard InChI is InChI=1S/C11H20N4O2S/c1-15(11-5-3-2-4-9(11)6-12)18(16,17)10-7-13-14-8-10/h7-9,11H,2-6,12H2,1H3,(H,13,14). The van der Waals surface area contributed by atoms with Crippen molar-refractivity contribution >= 4 is 10.0 Å². The molecule has 0 saturated heterocycles. The van der Waals surface area contributed by atoms with E-state index in [0.29, 0.717) is 6.54 Å². The van der Waals surface area contributed by atoms with Gasteiger partial charge < -0.3 is 5.73 Å². The Labute approximate surface area is 108 Å². The molecule has 1 aliphatic carbocycles. The quantitative estimate of drug-likeness (QED) is 0.837. The minimum absolute atomic E-state index is 0.00338. The third-order valence-electron chi connectivity index (χ3n) is 3.79. The first-order chi connectivity index (χ1) is 8.57. The van der Waals surface area contributed by atoms with Crippen LogP contribution in [0.1, 0.15) is 25.7 Å². The first-order valence-corrected chi connectivity index (χ1v) is 7.68. The van der Waals surface area contributed by atoms with Crippen LogP contribution in [0.15, 0.2) is 17.3 Å². The van der Waals surface area contributed by atoms with Gasteiger partial charge in [0.25, 0.3) is 0 Å². The molecule has 1 heterocycles. The lowest BCUT2D eigenvalue weighted by molar-refractivity contribution is 0.204. The minimum atomic E-state index is -3.45. The van der Waals surface area contributed by atoms with Gasteiger partial charge in [-0.2, -0.15) is 9.40 Å². The second kappa shape index (κ2) is 5.38. The summed E-state index contributed by atoms with van der Waals surface area (Å²) in [6.45, 7) is 0.538. The van der Waals surface area contributed by atoms with Gasteiger partial charge in [0.2, 0.25) is 10.0 Å². The maximum Gasteiger partial charge on any atom is 0.246 e. The van der Waals surface area contributed by atoms with Crippen LogP contribution in [0.3, 0.4) is 0 Å². The molecule has 1 saturated carbocycles. The zero-order valence-corrected chi connectivity index (χ0v) is 11.4. The Kier molecular flexibility index (Phi) is 4.04. The predicted octanol–water partition coefficient (Wildman–Crippen LogP) is 0.548. The molecule has 2 unspecified atom stereocenters. The number of hydrogen-bond acceptors (Lipinski definition) is 4. The Morgan fingerprint density at radius 1 is 1.50 bits per heavy atom. The highest BCUT2D eigenvalue weighted by atomic mass is 32.2. The van der Waals surface area contributed by atoms with E-state index in [9.17, 15) is 8.42 Å². The monoisotopic (exact) mass is 272 g/mol. The number of rotatable bonds is 4. The van der Waals surface area contributed by atoms with Crippen molar-refractivity contribution in [2.45, 2.75) is 36.6 Å². The van der Waals surface area contributed by atoms with Gasteiger partial charge in [0.1, 0.15) is 4.90 Å². The fourth-order valence-electron chi connectivity index (χ4n) is 2.67. The molecular formula is C11H20N4O2S. The molecule has 0 radical (unpaired) electrons. The largest absolute Gasteiger partial charge is 0.330 e. The van der Waals surface area contributed by atoms with Crippen molar-refractivity contribution in [2.75, 3.05) is 13.6 Å². The van der Waals surface area contributed by atoms with E-state index >= 15 is 0 Å². The summed E-state index contributed by atoms with van der Waals surface area (Å²) in [5.41, 5.74) is 5.75. The molecule has 0 bridgehead atoms. The van der Waals surface area contributed by atoms with E-state index in [1.165, 1.54) is 16.7 Å². The zero-order valence-electron chi connectivity index (χ0n) is 10.5. The van der Waals surface area contributed by atoms with E-state index in [2.05, 4.69) is 10.2 Å². The van der Waals surface area contributed by atoms with Crippen LogP contribution in [0, 0.1) is 5.92 Å². The molecular weight excluding hydrogens is 252 g/mol. The SMILES string of the molecule is CN(C1CCCCC1CN)S(=O)(=O)c1cn[nH]c1. The van der Waals surface area contributed by atoms with E-state index in [4.69, 9.17) is 5.73 Å². The molecule has 1 fully saturated rings. The molecule has 0 amide bonds. The second-order valence-corrected chi connectivity index (χ2v) is 6.80. The first kappa shape index (κ1) is 13.5. The molecule has 3 N–H and O–H groups in total. The maximum absolute atomic E-state index is 12.4. The summed E-state index contributed by atoms with van der Waals surface area (Å²) in [4.78, 5) is 0.214. The summed E-state index contributed by atoms with van der Waals surface area (Å²) in [7, 11) is -1.81.